The molecule has 2 aromatic rings. The summed E-state index contributed by atoms with van der Waals surface area (Å²) >= 11 is 0. The number of nitrogens with one attached hydrogen (secondary N) is 1. The summed E-state index contributed by atoms with van der Waals surface area (Å²) in [5.74, 6) is -0.323. The molecule has 4 heteroatoms. The van der Waals surface area contributed by atoms with Crippen LogP contribution < -0.4 is 5.32 Å². The van der Waals surface area contributed by atoms with E-state index in [4.69, 9.17) is 0 Å². The van der Waals surface area contributed by atoms with Crippen molar-refractivity contribution < 1.29 is 8.78 Å². The minimum atomic E-state index is -0.487. The molecule has 1 aromatic heterocycles. The van der Waals surface area contributed by atoms with E-state index in [9.17, 15) is 8.78 Å². The van der Waals surface area contributed by atoms with Gasteiger partial charge in [-0.1, -0.05) is 6.92 Å². The van der Waals surface area contributed by atoms with Gasteiger partial charge in [-0.25, -0.2) is 13.8 Å². The fourth-order valence-electron chi connectivity index (χ4n) is 1.70. The van der Waals surface area contributed by atoms with Crippen molar-refractivity contribution in [3.8, 4) is 0 Å². The summed E-state index contributed by atoms with van der Waals surface area (Å²) < 4.78 is 27.4. The van der Waals surface area contributed by atoms with Gasteiger partial charge in [0.25, 0.3) is 0 Å². The molecule has 1 N–H and O–H groups in total. The van der Waals surface area contributed by atoms with E-state index in [1.54, 1.807) is 19.1 Å². The highest BCUT2D eigenvalue weighted by Gasteiger charge is 2.11. The Balaban J connectivity index is 2.54. The SMILES string of the molecule is CCCNc1ccc2c(F)c(C)cc(F)c2n1. The van der Waals surface area contributed by atoms with Crippen molar-refractivity contribution in [3.63, 3.8) is 0 Å². The third kappa shape index (κ3) is 2.20. The first-order valence-electron chi connectivity index (χ1n) is 5.62. The summed E-state index contributed by atoms with van der Waals surface area (Å²) in [4.78, 5) is 4.09. The molecule has 0 bridgehead atoms. The number of benzene rings is 1. The zero-order chi connectivity index (χ0) is 12.4. The number of fused-ring (bicyclic) bond motifs is 1. The molecule has 0 saturated carbocycles. The van der Waals surface area contributed by atoms with Crippen LogP contribution in [0.4, 0.5) is 14.6 Å². The van der Waals surface area contributed by atoms with Crippen LogP contribution in [0, 0.1) is 18.6 Å². The predicted molar refractivity (Wildman–Crippen MR) is 65.2 cm³/mol. The van der Waals surface area contributed by atoms with Gasteiger partial charge >= 0.3 is 0 Å². The van der Waals surface area contributed by atoms with Gasteiger partial charge in [0.2, 0.25) is 0 Å². The van der Waals surface area contributed by atoms with Crippen LogP contribution in [0.3, 0.4) is 0 Å². The third-order valence-electron chi connectivity index (χ3n) is 2.60. The summed E-state index contributed by atoms with van der Waals surface area (Å²) in [6.45, 7) is 4.33. The molecular formula is C13H14F2N2. The van der Waals surface area contributed by atoms with E-state index in [1.807, 2.05) is 6.92 Å². The average molecular weight is 236 g/mol. The van der Waals surface area contributed by atoms with Crippen LogP contribution >= 0.6 is 0 Å². The van der Waals surface area contributed by atoms with Gasteiger partial charge < -0.3 is 5.32 Å². The molecule has 0 radical (unpaired) electrons. The Morgan fingerprint density at radius 2 is 2.06 bits per heavy atom. The van der Waals surface area contributed by atoms with Gasteiger partial charge in [0, 0.05) is 11.9 Å². The number of halogens is 2. The Hall–Kier alpha value is -1.71. The Labute approximate surface area is 98.7 Å². The van der Waals surface area contributed by atoms with E-state index < -0.39 is 11.6 Å². The summed E-state index contributed by atoms with van der Waals surface area (Å²) in [6, 6.07) is 4.40. The highest BCUT2D eigenvalue weighted by atomic mass is 19.1. The van der Waals surface area contributed by atoms with Crippen LogP contribution in [0.1, 0.15) is 18.9 Å². The monoisotopic (exact) mass is 236 g/mol. The van der Waals surface area contributed by atoms with E-state index in [0.717, 1.165) is 13.0 Å². The maximum absolute atomic E-state index is 13.7. The van der Waals surface area contributed by atoms with Gasteiger partial charge in [-0.2, -0.15) is 0 Å². The van der Waals surface area contributed by atoms with Crippen molar-refractivity contribution in [2.45, 2.75) is 20.3 Å². The van der Waals surface area contributed by atoms with Gasteiger partial charge in [0.05, 0.1) is 0 Å². The van der Waals surface area contributed by atoms with Gasteiger partial charge in [0.1, 0.15) is 23.0 Å². The molecule has 0 spiro atoms. The molecule has 2 nitrogen and oxygen atoms in total. The predicted octanol–water partition coefficient (Wildman–Crippen LogP) is 3.64. The van der Waals surface area contributed by atoms with Crippen LogP contribution in [0.25, 0.3) is 10.9 Å². The van der Waals surface area contributed by atoms with Crippen LogP contribution in [0.2, 0.25) is 0 Å². The normalized spacial score (nSPS) is 10.8. The Morgan fingerprint density at radius 1 is 1.29 bits per heavy atom. The first kappa shape index (κ1) is 11.8. The topological polar surface area (TPSA) is 24.9 Å². The Kier molecular flexibility index (Phi) is 3.22. The number of rotatable bonds is 3. The van der Waals surface area contributed by atoms with Crippen molar-refractivity contribution in [2.75, 3.05) is 11.9 Å². The van der Waals surface area contributed by atoms with Gasteiger partial charge in [-0.15, -0.1) is 0 Å². The number of aryl methyl sites for hydroxylation is 1. The number of anilines is 1. The zero-order valence-corrected chi connectivity index (χ0v) is 9.85. The van der Waals surface area contributed by atoms with Crippen LogP contribution in [-0.4, -0.2) is 11.5 Å². The quantitative estimate of drug-likeness (QED) is 0.880. The fraction of sp³-hybridized carbons (Fsp3) is 0.308. The van der Waals surface area contributed by atoms with Crippen LogP contribution in [-0.2, 0) is 0 Å². The lowest BCUT2D eigenvalue weighted by atomic mass is 10.1. The number of nitrogens with zero attached hydrogens (tertiary/aromatic N) is 1. The van der Waals surface area contributed by atoms with Crippen LogP contribution in [0.5, 0.6) is 0 Å². The smallest absolute Gasteiger partial charge is 0.149 e. The van der Waals surface area contributed by atoms with Crippen molar-refractivity contribution in [1.29, 1.82) is 0 Å². The minimum Gasteiger partial charge on any atom is -0.370 e. The number of pyridine rings is 1. The molecule has 0 aliphatic carbocycles. The molecule has 0 fully saturated rings. The molecular weight excluding hydrogens is 222 g/mol. The maximum atomic E-state index is 13.7. The number of aromatic nitrogens is 1. The van der Waals surface area contributed by atoms with E-state index in [2.05, 4.69) is 10.3 Å². The number of hydrogen-bond acceptors (Lipinski definition) is 2. The maximum Gasteiger partial charge on any atom is 0.149 e. The third-order valence-corrected chi connectivity index (χ3v) is 2.60. The second kappa shape index (κ2) is 4.65. The molecule has 1 aromatic carbocycles. The molecule has 2 rings (SSSR count). The van der Waals surface area contributed by atoms with Crippen LogP contribution in [0.15, 0.2) is 18.2 Å². The van der Waals surface area contributed by atoms with Gasteiger partial charge in [0.15, 0.2) is 0 Å². The summed E-state index contributed by atoms with van der Waals surface area (Å²) in [5, 5.41) is 3.27. The first-order valence-corrected chi connectivity index (χ1v) is 5.62. The van der Waals surface area contributed by atoms with Crippen molar-refractivity contribution >= 4 is 16.7 Å². The van der Waals surface area contributed by atoms with E-state index >= 15 is 0 Å². The molecule has 0 saturated heterocycles. The Bertz CT molecular complexity index is 553. The van der Waals surface area contributed by atoms with E-state index in [-0.39, 0.29) is 10.9 Å². The average Bonchev–Trinajstić information content (AvgIpc) is 2.33. The van der Waals surface area contributed by atoms with Crippen molar-refractivity contribution in [2.24, 2.45) is 0 Å². The second-order valence-corrected chi connectivity index (χ2v) is 4.01. The largest absolute Gasteiger partial charge is 0.370 e. The fourth-order valence-corrected chi connectivity index (χ4v) is 1.70. The molecule has 0 aliphatic heterocycles. The van der Waals surface area contributed by atoms with Crippen molar-refractivity contribution in [3.05, 3.63) is 35.4 Å². The Morgan fingerprint density at radius 3 is 2.76 bits per heavy atom. The molecule has 0 aliphatic rings. The minimum absolute atomic E-state index is 0.0780. The highest BCUT2D eigenvalue weighted by molar-refractivity contribution is 5.82. The molecule has 0 unspecified atom stereocenters. The zero-order valence-electron chi connectivity index (χ0n) is 9.85. The van der Waals surface area contributed by atoms with Gasteiger partial charge in [-0.05, 0) is 37.1 Å². The first-order chi connectivity index (χ1) is 8.13. The van der Waals surface area contributed by atoms with Gasteiger partial charge in [-0.3, -0.25) is 0 Å². The standard InChI is InChI=1S/C13H14F2N2/c1-3-6-16-11-5-4-9-12(15)8(2)7-10(14)13(9)17-11/h4-5,7H,3,6H2,1-2H3,(H,16,17). The van der Waals surface area contributed by atoms with E-state index in [1.165, 1.54) is 6.07 Å². The number of hydrogen-bond donors (Lipinski definition) is 1. The molecule has 90 valence electrons. The molecule has 0 atom stereocenters. The molecule has 1 heterocycles. The lowest BCUT2D eigenvalue weighted by Gasteiger charge is -2.07. The van der Waals surface area contributed by atoms with E-state index in [0.29, 0.717) is 11.4 Å². The summed E-state index contributed by atoms with van der Waals surface area (Å²) in [5.41, 5.74) is 0.375. The second-order valence-electron chi connectivity index (χ2n) is 4.01. The highest BCUT2D eigenvalue weighted by Crippen LogP contribution is 2.23. The lowest BCUT2D eigenvalue weighted by molar-refractivity contribution is 0.608. The summed E-state index contributed by atoms with van der Waals surface area (Å²) in [6.07, 6.45) is 0.949. The molecule has 17 heavy (non-hydrogen) atoms. The molecule has 0 amide bonds. The summed E-state index contributed by atoms with van der Waals surface area (Å²) in [7, 11) is 0. The van der Waals surface area contributed by atoms with Crippen molar-refractivity contribution in [1.82, 2.24) is 4.98 Å². The lowest BCUT2D eigenvalue weighted by Crippen LogP contribution is -2.02.